The number of fused-ring (bicyclic) bond motifs is 1. The van der Waals surface area contributed by atoms with Crippen molar-refractivity contribution in [1.82, 2.24) is 10.3 Å². The number of rotatable bonds is 3. The SMILES string of the molecule is O=C(O)N[C@H]1CC[C@H](Oc2ccnc(Cl)c2)c2ccccc21. The molecule has 1 heterocycles. The number of benzene rings is 1. The van der Waals surface area contributed by atoms with Gasteiger partial charge in [0.1, 0.15) is 17.0 Å². The van der Waals surface area contributed by atoms with Crippen LogP contribution in [0.3, 0.4) is 0 Å². The molecule has 114 valence electrons. The molecule has 0 fully saturated rings. The largest absolute Gasteiger partial charge is 0.486 e. The van der Waals surface area contributed by atoms with Gasteiger partial charge in [-0.2, -0.15) is 0 Å². The molecule has 3 rings (SSSR count). The zero-order valence-electron chi connectivity index (χ0n) is 11.7. The van der Waals surface area contributed by atoms with Crippen molar-refractivity contribution in [2.75, 3.05) is 0 Å². The van der Waals surface area contributed by atoms with Gasteiger partial charge in [0.2, 0.25) is 0 Å². The van der Waals surface area contributed by atoms with Crippen LogP contribution in [0.15, 0.2) is 42.6 Å². The van der Waals surface area contributed by atoms with Gasteiger partial charge in [0.05, 0.1) is 6.04 Å². The first-order valence-corrected chi connectivity index (χ1v) is 7.38. The number of carbonyl (C=O) groups is 1. The summed E-state index contributed by atoms with van der Waals surface area (Å²) >= 11 is 5.88. The van der Waals surface area contributed by atoms with E-state index in [-0.39, 0.29) is 12.1 Å². The Morgan fingerprint density at radius 1 is 1.27 bits per heavy atom. The van der Waals surface area contributed by atoms with Crippen LogP contribution in [0.4, 0.5) is 4.79 Å². The van der Waals surface area contributed by atoms with Gasteiger partial charge in [-0.15, -0.1) is 0 Å². The van der Waals surface area contributed by atoms with Crippen molar-refractivity contribution >= 4 is 17.7 Å². The van der Waals surface area contributed by atoms with Gasteiger partial charge < -0.3 is 15.2 Å². The summed E-state index contributed by atoms with van der Waals surface area (Å²) in [6.07, 6.45) is 1.87. The van der Waals surface area contributed by atoms with Crippen molar-refractivity contribution in [3.05, 3.63) is 58.9 Å². The van der Waals surface area contributed by atoms with Crippen LogP contribution in [0, 0.1) is 0 Å². The summed E-state index contributed by atoms with van der Waals surface area (Å²) in [6.45, 7) is 0. The Bertz CT molecular complexity index is 693. The third-order valence-electron chi connectivity index (χ3n) is 3.71. The number of nitrogens with one attached hydrogen (secondary N) is 1. The van der Waals surface area contributed by atoms with E-state index in [0.717, 1.165) is 17.5 Å². The van der Waals surface area contributed by atoms with Crippen LogP contribution in [0.25, 0.3) is 0 Å². The molecule has 0 radical (unpaired) electrons. The molecule has 6 heteroatoms. The molecule has 2 N–H and O–H groups in total. The molecule has 1 aliphatic rings. The molecule has 0 aliphatic heterocycles. The fourth-order valence-corrected chi connectivity index (χ4v) is 2.96. The average Bonchev–Trinajstić information content (AvgIpc) is 2.49. The highest BCUT2D eigenvalue weighted by atomic mass is 35.5. The van der Waals surface area contributed by atoms with Crippen LogP contribution in [0.5, 0.6) is 5.75 Å². The molecule has 5 nitrogen and oxygen atoms in total. The van der Waals surface area contributed by atoms with Crippen molar-refractivity contribution in [2.45, 2.75) is 25.0 Å². The Labute approximate surface area is 132 Å². The maximum absolute atomic E-state index is 10.9. The van der Waals surface area contributed by atoms with E-state index in [4.69, 9.17) is 21.4 Å². The molecule has 2 aromatic rings. The van der Waals surface area contributed by atoms with Crippen LogP contribution in [-0.4, -0.2) is 16.2 Å². The minimum absolute atomic E-state index is 0.124. The maximum Gasteiger partial charge on any atom is 0.405 e. The number of aromatic nitrogens is 1. The van der Waals surface area contributed by atoms with E-state index in [1.165, 1.54) is 0 Å². The molecule has 0 spiro atoms. The first-order chi connectivity index (χ1) is 10.6. The number of hydrogen-bond acceptors (Lipinski definition) is 3. The molecule has 0 unspecified atom stereocenters. The second kappa shape index (κ2) is 6.23. The van der Waals surface area contributed by atoms with Gasteiger partial charge in [-0.1, -0.05) is 35.9 Å². The number of hydrogen-bond donors (Lipinski definition) is 2. The van der Waals surface area contributed by atoms with Crippen LogP contribution in [0.1, 0.15) is 36.1 Å². The molecule has 2 atom stereocenters. The zero-order chi connectivity index (χ0) is 15.5. The summed E-state index contributed by atoms with van der Waals surface area (Å²) in [4.78, 5) is 14.9. The lowest BCUT2D eigenvalue weighted by Gasteiger charge is -2.31. The number of amides is 1. The van der Waals surface area contributed by atoms with Gasteiger partial charge in [-0.25, -0.2) is 9.78 Å². The summed E-state index contributed by atoms with van der Waals surface area (Å²) in [5, 5.41) is 11.9. The average molecular weight is 319 g/mol. The van der Waals surface area contributed by atoms with Gasteiger partial charge in [-0.05, 0) is 30.0 Å². The summed E-state index contributed by atoms with van der Waals surface area (Å²) in [5.74, 6) is 0.657. The Hall–Kier alpha value is -2.27. The fraction of sp³-hybridized carbons (Fsp3) is 0.250. The molecule has 1 aromatic heterocycles. The molecule has 1 aliphatic carbocycles. The number of pyridine rings is 1. The molecule has 22 heavy (non-hydrogen) atoms. The van der Waals surface area contributed by atoms with Crippen molar-refractivity contribution in [3.63, 3.8) is 0 Å². The van der Waals surface area contributed by atoms with Crippen LogP contribution in [-0.2, 0) is 0 Å². The quantitative estimate of drug-likeness (QED) is 0.840. The van der Waals surface area contributed by atoms with E-state index >= 15 is 0 Å². The number of ether oxygens (including phenoxy) is 1. The first kappa shape index (κ1) is 14.7. The monoisotopic (exact) mass is 318 g/mol. The lowest BCUT2D eigenvalue weighted by Crippen LogP contribution is -2.31. The lowest BCUT2D eigenvalue weighted by molar-refractivity contribution is 0.163. The number of nitrogens with zero attached hydrogens (tertiary/aromatic N) is 1. The van der Waals surface area contributed by atoms with E-state index in [2.05, 4.69) is 10.3 Å². The predicted molar refractivity (Wildman–Crippen MR) is 82.2 cm³/mol. The third kappa shape index (κ3) is 3.14. The molecule has 0 saturated carbocycles. The minimum atomic E-state index is -1.01. The lowest BCUT2D eigenvalue weighted by atomic mass is 9.85. The Kier molecular flexibility index (Phi) is 4.15. The predicted octanol–water partition coefficient (Wildman–Crippen LogP) is 3.96. The van der Waals surface area contributed by atoms with Crippen molar-refractivity contribution in [2.24, 2.45) is 0 Å². The third-order valence-corrected chi connectivity index (χ3v) is 3.92. The van der Waals surface area contributed by atoms with E-state index in [9.17, 15) is 4.79 Å². The van der Waals surface area contributed by atoms with Crippen molar-refractivity contribution in [1.29, 1.82) is 0 Å². The number of carboxylic acid groups (broad SMARTS) is 1. The van der Waals surface area contributed by atoms with Crippen molar-refractivity contribution in [3.8, 4) is 5.75 Å². The van der Waals surface area contributed by atoms with Crippen LogP contribution in [0.2, 0.25) is 5.15 Å². The Balaban J connectivity index is 1.86. The second-order valence-corrected chi connectivity index (χ2v) is 5.52. The smallest absolute Gasteiger partial charge is 0.405 e. The zero-order valence-corrected chi connectivity index (χ0v) is 12.5. The van der Waals surface area contributed by atoms with Gasteiger partial charge >= 0.3 is 6.09 Å². The molecule has 0 saturated heterocycles. The topological polar surface area (TPSA) is 71.5 Å². The van der Waals surface area contributed by atoms with Gasteiger partial charge in [-0.3, -0.25) is 0 Å². The summed E-state index contributed by atoms with van der Waals surface area (Å²) in [7, 11) is 0. The van der Waals surface area contributed by atoms with E-state index in [0.29, 0.717) is 17.3 Å². The van der Waals surface area contributed by atoms with Gasteiger partial charge in [0, 0.05) is 12.3 Å². The highest BCUT2D eigenvalue weighted by Gasteiger charge is 2.29. The van der Waals surface area contributed by atoms with E-state index in [1.807, 2.05) is 24.3 Å². The minimum Gasteiger partial charge on any atom is -0.486 e. The van der Waals surface area contributed by atoms with Gasteiger partial charge in [0.15, 0.2) is 0 Å². The van der Waals surface area contributed by atoms with Crippen LogP contribution >= 0.6 is 11.6 Å². The highest BCUT2D eigenvalue weighted by molar-refractivity contribution is 6.29. The standard InChI is InChI=1S/C16H15ClN2O3/c17-15-9-10(7-8-18-15)22-14-6-5-13(19-16(20)21)11-3-1-2-4-12(11)14/h1-4,7-9,13-14,19H,5-6H2,(H,20,21)/t13-,14-/m0/s1. The fourth-order valence-electron chi connectivity index (χ4n) is 2.79. The van der Waals surface area contributed by atoms with Gasteiger partial charge in [0.25, 0.3) is 0 Å². The Morgan fingerprint density at radius 3 is 2.77 bits per heavy atom. The molecule has 0 bridgehead atoms. The molecule has 1 amide bonds. The normalized spacial score (nSPS) is 20.0. The molecule has 1 aromatic carbocycles. The highest BCUT2D eigenvalue weighted by Crippen LogP contribution is 2.38. The molecular formula is C16H15ClN2O3. The summed E-state index contributed by atoms with van der Waals surface area (Å²) in [6, 6.07) is 11.0. The van der Waals surface area contributed by atoms with Crippen LogP contribution < -0.4 is 10.1 Å². The van der Waals surface area contributed by atoms with E-state index in [1.54, 1.807) is 18.3 Å². The summed E-state index contributed by atoms with van der Waals surface area (Å²) in [5.41, 5.74) is 1.96. The number of halogens is 1. The van der Waals surface area contributed by atoms with E-state index < -0.39 is 6.09 Å². The Morgan fingerprint density at radius 2 is 2.05 bits per heavy atom. The maximum atomic E-state index is 10.9. The molecular weight excluding hydrogens is 304 g/mol. The summed E-state index contributed by atoms with van der Waals surface area (Å²) < 4.78 is 6.02. The van der Waals surface area contributed by atoms with Crippen molar-refractivity contribution < 1.29 is 14.6 Å². The first-order valence-electron chi connectivity index (χ1n) is 7.00. The second-order valence-electron chi connectivity index (χ2n) is 5.13.